The molecule has 2 rings (SSSR count). The highest BCUT2D eigenvalue weighted by Crippen LogP contribution is 2.29. The third-order valence-corrected chi connectivity index (χ3v) is 2.32. The maximum Gasteiger partial charge on any atom is 0.277 e. The lowest BCUT2D eigenvalue weighted by molar-refractivity contribution is 0.102. The predicted molar refractivity (Wildman–Crippen MR) is 64.0 cm³/mol. The van der Waals surface area contributed by atoms with Crippen molar-refractivity contribution in [1.29, 1.82) is 0 Å². The molecule has 0 radical (unpaired) electrons. The van der Waals surface area contributed by atoms with Crippen LogP contribution in [0.15, 0.2) is 35.3 Å². The highest BCUT2D eigenvalue weighted by atomic mass is 16.5. The van der Waals surface area contributed by atoms with Gasteiger partial charge in [-0.1, -0.05) is 0 Å². The van der Waals surface area contributed by atoms with E-state index in [9.17, 15) is 4.79 Å². The molecule has 1 N–H and O–H groups in total. The van der Waals surface area contributed by atoms with E-state index in [2.05, 4.69) is 10.3 Å². The summed E-state index contributed by atoms with van der Waals surface area (Å²) >= 11 is 0. The van der Waals surface area contributed by atoms with Gasteiger partial charge in [0.1, 0.15) is 17.8 Å². The Balaban J connectivity index is 2.24. The highest BCUT2D eigenvalue weighted by molar-refractivity contribution is 6.03. The van der Waals surface area contributed by atoms with Gasteiger partial charge in [-0.3, -0.25) is 4.79 Å². The fourth-order valence-corrected chi connectivity index (χ4v) is 1.42. The van der Waals surface area contributed by atoms with Crippen LogP contribution in [0.4, 0.5) is 5.69 Å². The van der Waals surface area contributed by atoms with Gasteiger partial charge in [-0.2, -0.15) is 0 Å². The van der Waals surface area contributed by atoms with Crippen LogP contribution in [0.5, 0.6) is 11.5 Å². The molecule has 0 spiro atoms. The molecule has 0 unspecified atom stereocenters. The van der Waals surface area contributed by atoms with Crippen molar-refractivity contribution in [2.75, 3.05) is 19.5 Å². The lowest BCUT2D eigenvalue weighted by Gasteiger charge is -2.10. The molecule has 0 bridgehead atoms. The number of hydrogen-bond acceptors (Lipinski definition) is 5. The van der Waals surface area contributed by atoms with Crippen LogP contribution in [-0.4, -0.2) is 25.1 Å². The van der Waals surface area contributed by atoms with Crippen molar-refractivity contribution < 1.29 is 18.7 Å². The highest BCUT2D eigenvalue weighted by Gasteiger charge is 2.12. The smallest absolute Gasteiger partial charge is 0.277 e. The topological polar surface area (TPSA) is 73.6 Å². The van der Waals surface area contributed by atoms with E-state index in [4.69, 9.17) is 13.9 Å². The van der Waals surface area contributed by atoms with E-state index in [-0.39, 0.29) is 11.6 Å². The number of carbonyl (C=O) groups is 1. The summed E-state index contributed by atoms with van der Waals surface area (Å²) in [4.78, 5) is 15.6. The van der Waals surface area contributed by atoms with Gasteiger partial charge in [0.15, 0.2) is 12.1 Å². The van der Waals surface area contributed by atoms with E-state index in [0.717, 1.165) is 0 Å². The van der Waals surface area contributed by atoms with Gasteiger partial charge in [-0.15, -0.1) is 0 Å². The average Bonchev–Trinajstić information content (AvgIpc) is 2.92. The lowest BCUT2D eigenvalue weighted by atomic mass is 10.2. The summed E-state index contributed by atoms with van der Waals surface area (Å²) in [6.45, 7) is 0. The van der Waals surface area contributed by atoms with Crippen LogP contribution in [0.2, 0.25) is 0 Å². The summed E-state index contributed by atoms with van der Waals surface area (Å²) < 4.78 is 15.0. The monoisotopic (exact) mass is 248 g/mol. The first-order chi connectivity index (χ1) is 8.74. The van der Waals surface area contributed by atoms with Gasteiger partial charge >= 0.3 is 0 Å². The summed E-state index contributed by atoms with van der Waals surface area (Å²) in [5.74, 6) is 0.772. The molecule has 0 atom stereocenters. The Morgan fingerprint density at radius 3 is 2.78 bits per heavy atom. The minimum absolute atomic E-state index is 0.194. The number of ether oxygens (including phenoxy) is 2. The number of aromatic nitrogens is 1. The van der Waals surface area contributed by atoms with E-state index < -0.39 is 0 Å². The molecule has 6 heteroatoms. The summed E-state index contributed by atoms with van der Waals surface area (Å²) in [5.41, 5.74) is 0.699. The molecule has 0 saturated heterocycles. The minimum atomic E-state index is -0.379. The number of methoxy groups -OCH3 is 2. The molecule has 2 aromatic rings. The average molecular weight is 248 g/mol. The largest absolute Gasteiger partial charge is 0.497 e. The first-order valence-corrected chi connectivity index (χ1v) is 5.16. The van der Waals surface area contributed by atoms with Crippen molar-refractivity contribution in [3.05, 3.63) is 36.5 Å². The first-order valence-electron chi connectivity index (χ1n) is 5.16. The third kappa shape index (κ3) is 2.42. The van der Waals surface area contributed by atoms with Crippen LogP contribution in [0.25, 0.3) is 0 Å². The second-order valence-electron chi connectivity index (χ2n) is 3.39. The molecule has 1 heterocycles. The van der Waals surface area contributed by atoms with Gasteiger partial charge in [0.25, 0.3) is 5.91 Å². The zero-order chi connectivity index (χ0) is 13.0. The molecule has 18 heavy (non-hydrogen) atoms. The van der Waals surface area contributed by atoms with Crippen molar-refractivity contribution >= 4 is 11.6 Å². The molecule has 6 nitrogen and oxygen atoms in total. The number of nitrogens with zero attached hydrogens (tertiary/aromatic N) is 1. The molecular formula is C12H12N2O4. The van der Waals surface area contributed by atoms with Gasteiger partial charge in [-0.25, -0.2) is 4.98 Å². The maximum atomic E-state index is 11.8. The molecule has 0 fully saturated rings. The van der Waals surface area contributed by atoms with Crippen molar-refractivity contribution in [2.24, 2.45) is 0 Å². The molecule has 0 aliphatic heterocycles. The number of anilines is 1. The zero-order valence-corrected chi connectivity index (χ0v) is 9.97. The van der Waals surface area contributed by atoms with Crippen molar-refractivity contribution in [3.63, 3.8) is 0 Å². The number of amides is 1. The summed E-state index contributed by atoms with van der Waals surface area (Å²) in [5, 5.41) is 2.67. The van der Waals surface area contributed by atoms with Crippen LogP contribution >= 0.6 is 0 Å². The Bertz CT molecular complexity index is 537. The quantitative estimate of drug-likeness (QED) is 0.895. The SMILES string of the molecule is COc1ccc(OC)c(NC(=O)c2cocn2)c1. The van der Waals surface area contributed by atoms with Gasteiger partial charge in [0.2, 0.25) is 0 Å². The van der Waals surface area contributed by atoms with E-state index in [0.29, 0.717) is 17.2 Å². The zero-order valence-electron chi connectivity index (χ0n) is 9.97. The van der Waals surface area contributed by atoms with Crippen LogP contribution < -0.4 is 14.8 Å². The van der Waals surface area contributed by atoms with E-state index in [1.807, 2.05) is 0 Å². The van der Waals surface area contributed by atoms with Crippen LogP contribution in [0.1, 0.15) is 10.5 Å². The Kier molecular flexibility index (Phi) is 3.47. The Morgan fingerprint density at radius 1 is 1.33 bits per heavy atom. The van der Waals surface area contributed by atoms with E-state index >= 15 is 0 Å². The summed E-state index contributed by atoms with van der Waals surface area (Å²) in [6.07, 6.45) is 2.46. The Labute approximate surface area is 104 Å². The second kappa shape index (κ2) is 5.22. The molecule has 1 amide bonds. The van der Waals surface area contributed by atoms with Gasteiger partial charge < -0.3 is 19.2 Å². The van der Waals surface area contributed by atoms with E-state index in [1.54, 1.807) is 25.3 Å². The Morgan fingerprint density at radius 2 is 2.17 bits per heavy atom. The van der Waals surface area contributed by atoms with Crippen molar-refractivity contribution in [1.82, 2.24) is 4.98 Å². The number of rotatable bonds is 4. The minimum Gasteiger partial charge on any atom is -0.497 e. The maximum absolute atomic E-state index is 11.8. The third-order valence-electron chi connectivity index (χ3n) is 2.32. The number of hydrogen-bond donors (Lipinski definition) is 1. The Hall–Kier alpha value is -2.50. The summed E-state index contributed by atoms with van der Waals surface area (Å²) in [6, 6.07) is 5.11. The number of nitrogens with one attached hydrogen (secondary N) is 1. The molecule has 0 saturated carbocycles. The fourth-order valence-electron chi connectivity index (χ4n) is 1.42. The number of oxazole rings is 1. The molecule has 1 aromatic carbocycles. The number of carbonyl (C=O) groups excluding carboxylic acids is 1. The molecular weight excluding hydrogens is 236 g/mol. The lowest BCUT2D eigenvalue weighted by Crippen LogP contribution is -2.13. The van der Waals surface area contributed by atoms with E-state index in [1.165, 1.54) is 19.8 Å². The van der Waals surface area contributed by atoms with Crippen LogP contribution in [0, 0.1) is 0 Å². The molecule has 94 valence electrons. The normalized spacial score (nSPS) is 9.89. The standard InChI is InChI=1S/C12H12N2O4/c1-16-8-3-4-11(17-2)9(5-8)14-12(15)10-6-18-7-13-10/h3-7H,1-2H3,(H,14,15). The second-order valence-corrected chi connectivity index (χ2v) is 3.39. The van der Waals surface area contributed by atoms with Crippen molar-refractivity contribution in [3.8, 4) is 11.5 Å². The molecule has 0 aliphatic rings. The first kappa shape index (κ1) is 12.0. The van der Waals surface area contributed by atoms with Gasteiger partial charge in [-0.05, 0) is 12.1 Å². The van der Waals surface area contributed by atoms with Crippen LogP contribution in [-0.2, 0) is 0 Å². The number of benzene rings is 1. The van der Waals surface area contributed by atoms with Gasteiger partial charge in [0, 0.05) is 6.07 Å². The van der Waals surface area contributed by atoms with Crippen molar-refractivity contribution in [2.45, 2.75) is 0 Å². The fraction of sp³-hybridized carbons (Fsp3) is 0.167. The predicted octanol–water partition coefficient (Wildman–Crippen LogP) is 1.94. The van der Waals surface area contributed by atoms with Gasteiger partial charge in [0.05, 0.1) is 19.9 Å². The summed E-state index contributed by atoms with van der Waals surface area (Å²) in [7, 11) is 3.07. The molecule has 0 aliphatic carbocycles. The molecule has 1 aromatic heterocycles. The van der Waals surface area contributed by atoms with Crippen LogP contribution in [0.3, 0.4) is 0 Å².